The Balaban J connectivity index is 2.13. The van der Waals surface area contributed by atoms with Gasteiger partial charge in [0.2, 0.25) is 5.91 Å². The molecule has 3 atom stereocenters. The average Bonchev–Trinajstić information content (AvgIpc) is 2.91. The lowest BCUT2D eigenvalue weighted by atomic mass is 9.72. The summed E-state index contributed by atoms with van der Waals surface area (Å²) in [5.41, 5.74) is -0.0322. The lowest BCUT2D eigenvalue weighted by Crippen LogP contribution is -2.40. The van der Waals surface area contributed by atoms with Crippen LogP contribution in [0.2, 0.25) is 5.02 Å². The van der Waals surface area contributed by atoms with Gasteiger partial charge in [-0.25, -0.2) is 0 Å². The highest BCUT2D eigenvalue weighted by molar-refractivity contribution is 6.30. The summed E-state index contributed by atoms with van der Waals surface area (Å²) in [7, 11) is 1.24. The van der Waals surface area contributed by atoms with Gasteiger partial charge in [-0.15, -0.1) is 0 Å². The number of nitrogens with zero attached hydrogens (tertiary/aromatic N) is 2. The predicted molar refractivity (Wildman–Crippen MR) is 100 cm³/mol. The van der Waals surface area contributed by atoms with Crippen molar-refractivity contribution in [2.75, 3.05) is 7.11 Å². The number of hydrogen-bond donors (Lipinski definition) is 0. The van der Waals surface area contributed by atoms with Crippen LogP contribution in [0.25, 0.3) is 0 Å². The molecule has 1 aliphatic heterocycles. The van der Waals surface area contributed by atoms with Crippen molar-refractivity contribution in [3.05, 3.63) is 70.7 Å². The Bertz CT molecular complexity index is 892. The molecule has 0 unspecified atom stereocenters. The van der Waals surface area contributed by atoms with Crippen LogP contribution in [-0.4, -0.2) is 23.9 Å². The maximum Gasteiger partial charge on any atom is 0.329 e. The van der Waals surface area contributed by atoms with Crippen molar-refractivity contribution >= 4 is 23.5 Å². The zero-order valence-electron chi connectivity index (χ0n) is 15.1. The Morgan fingerprint density at radius 3 is 2.41 bits per heavy atom. The molecule has 0 aromatic heterocycles. The average molecular weight is 383 g/mol. The Morgan fingerprint density at radius 2 is 1.85 bits per heavy atom. The number of halogens is 1. The summed E-state index contributed by atoms with van der Waals surface area (Å²) in [5, 5.41) is 10.6. The van der Waals surface area contributed by atoms with E-state index in [1.54, 1.807) is 24.0 Å². The molecule has 6 heteroatoms. The third-order valence-corrected chi connectivity index (χ3v) is 5.42. The van der Waals surface area contributed by atoms with Crippen molar-refractivity contribution in [1.82, 2.24) is 4.90 Å². The maximum atomic E-state index is 13.1. The van der Waals surface area contributed by atoms with E-state index < -0.39 is 23.3 Å². The number of ether oxygens (including phenoxy) is 1. The van der Waals surface area contributed by atoms with Crippen LogP contribution in [0.5, 0.6) is 0 Å². The summed E-state index contributed by atoms with van der Waals surface area (Å²) in [6, 6.07) is 17.7. The number of nitriles is 1. The SMILES string of the molecule is COC(=O)[C@]1(C#N)[C@@H](C)C(=O)N(Cc2ccc(Cl)cc2)[C@@H]1c1ccccc1. The van der Waals surface area contributed by atoms with E-state index in [0.29, 0.717) is 5.02 Å². The number of rotatable bonds is 4. The molecular formula is C21H19ClN2O3. The topological polar surface area (TPSA) is 70.4 Å². The number of hydrogen-bond acceptors (Lipinski definition) is 4. The van der Waals surface area contributed by atoms with Gasteiger partial charge in [0.15, 0.2) is 5.41 Å². The van der Waals surface area contributed by atoms with Crippen molar-refractivity contribution < 1.29 is 14.3 Å². The minimum absolute atomic E-state index is 0.259. The molecule has 0 bridgehead atoms. The van der Waals surface area contributed by atoms with Crippen molar-refractivity contribution in [2.45, 2.75) is 19.5 Å². The molecular weight excluding hydrogens is 364 g/mol. The first-order valence-electron chi connectivity index (χ1n) is 8.55. The second-order valence-corrected chi connectivity index (χ2v) is 7.04. The smallest absolute Gasteiger partial charge is 0.329 e. The second kappa shape index (κ2) is 7.42. The normalized spacial score (nSPS) is 24.5. The maximum absolute atomic E-state index is 13.1. The lowest BCUT2D eigenvalue weighted by Gasteiger charge is -2.32. The quantitative estimate of drug-likeness (QED) is 0.755. The van der Waals surface area contributed by atoms with Crippen LogP contribution in [0.3, 0.4) is 0 Å². The summed E-state index contributed by atoms with van der Waals surface area (Å²) in [6.07, 6.45) is 0. The molecule has 3 rings (SSSR count). The number of benzene rings is 2. The fourth-order valence-corrected chi connectivity index (χ4v) is 3.87. The van der Waals surface area contributed by atoms with Gasteiger partial charge in [-0.3, -0.25) is 9.59 Å². The van der Waals surface area contributed by atoms with Gasteiger partial charge in [-0.05, 0) is 23.3 Å². The number of carbonyl (C=O) groups excluding carboxylic acids is 2. The highest BCUT2D eigenvalue weighted by Gasteiger charge is 2.63. The van der Waals surface area contributed by atoms with Crippen LogP contribution in [0.4, 0.5) is 0 Å². The van der Waals surface area contributed by atoms with Crippen molar-refractivity contribution in [3.63, 3.8) is 0 Å². The molecule has 0 aliphatic carbocycles. The third kappa shape index (κ3) is 3.07. The Kier molecular flexibility index (Phi) is 5.20. The molecule has 1 heterocycles. The van der Waals surface area contributed by atoms with Gasteiger partial charge < -0.3 is 9.64 Å². The lowest BCUT2D eigenvalue weighted by molar-refractivity contribution is -0.153. The zero-order valence-corrected chi connectivity index (χ0v) is 15.8. The van der Waals surface area contributed by atoms with E-state index >= 15 is 0 Å². The fraction of sp³-hybridized carbons (Fsp3) is 0.286. The Hall–Kier alpha value is -2.84. The molecule has 138 valence electrons. The minimum atomic E-state index is -1.61. The number of esters is 1. The molecule has 2 aromatic rings. The van der Waals surface area contributed by atoms with Gasteiger partial charge in [0, 0.05) is 11.6 Å². The third-order valence-electron chi connectivity index (χ3n) is 5.17. The van der Waals surface area contributed by atoms with Gasteiger partial charge >= 0.3 is 5.97 Å². The molecule has 27 heavy (non-hydrogen) atoms. The van der Waals surface area contributed by atoms with Gasteiger partial charge in [-0.2, -0.15) is 5.26 Å². The molecule has 0 N–H and O–H groups in total. The Labute approximate surface area is 163 Å². The van der Waals surface area contributed by atoms with Crippen LogP contribution in [0, 0.1) is 22.7 Å². The molecule has 0 spiro atoms. The van der Waals surface area contributed by atoms with Crippen molar-refractivity contribution in [2.24, 2.45) is 11.3 Å². The first-order chi connectivity index (χ1) is 13.0. The molecule has 0 saturated carbocycles. The molecule has 1 amide bonds. The van der Waals surface area contributed by atoms with Gasteiger partial charge in [0.1, 0.15) is 0 Å². The number of methoxy groups -OCH3 is 1. The van der Waals surface area contributed by atoms with E-state index in [2.05, 4.69) is 6.07 Å². The van der Waals surface area contributed by atoms with Crippen LogP contribution in [0.1, 0.15) is 24.1 Å². The number of likely N-dealkylation sites (tertiary alicyclic amines) is 1. The minimum Gasteiger partial charge on any atom is -0.468 e. The van der Waals surface area contributed by atoms with E-state index in [1.165, 1.54) is 7.11 Å². The standard InChI is InChI=1S/C21H19ClN2O3/c1-14-19(25)24(12-15-8-10-17(22)11-9-15)18(16-6-4-3-5-7-16)21(14,13-23)20(26)27-2/h3-11,14,18H,12H2,1-2H3/t14-,18+,21+/m0/s1. The molecule has 1 fully saturated rings. The molecule has 5 nitrogen and oxygen atoms in total. The van der Waals surface area contributed by atoms with Crippen LogP contribution >= 0.6 is 11.6 Å². The first kappa shape index (κ1) is 18.9. The second-order valence-electron chi connectivity index (χ2n) is 6.60. The Morgan fingerprint density at radius 1 is 1.22 bits per heavy atom. The van der Waals surface area contributed by atoms with E-state index in [4.69, 9.17) is 16.3 Å². The van der Waals surface area contributed by atoms with Crippen LogP contribution in [0.15, 0.2) is 54.6 Å². The number of carbonyl (C=O) groups is 2. The van der Waals surface area contributed by atoms with E-state index in [1.807, 2.05) is 42.5 Å². The van der Waals surface area contributed by atoms with Crippen molar-refractivity contribution in [1.29, 1.82) is 5.26 Å². The van der Waals surface area contributed by atoms with Gasteiger partial charge in [-0.1, -0.05) is 61.0 Å². The van der Waals surface area contributed by atoms with E-state index in [9.17, 15) is 14.9 Å². The molecule has 1 aliphatic rings. The summed E-state index contributed by atoms with van der Waals surface area (Å²) in [5.74, 6) is -1.78. The van der Waals surface area contributed by atoms with E-state index in [-0.39, 0.29) is 12.5 Å². The molecule has 1 saturated heterocycles. The van der Waals surface area contributed by atoms with E-state index in [0.717, 1.165) is 11.1 Å². The zero-order chi connectivity index (χ0) is 19.6. The van der Waals surface area contributed by atoms with Crippen LogP contribution in [-0.2, 0) is 20.9 Å². The van der Waals surface area contributed by atoms with Crippen molar-refractivity contribution in [3.8, 4) is 6.07 Å². The largest absolute Gasteiger partial charge is 0.468 e. The summed E-state index contributed by atoms with van der Waals surface area (Å²) in [4.78, 5) is 27.4. The summed E-state index contributed by atoms with van der Waals surface area (Å²) in [6.45, 7) is 1.88. The molecule has 2 aromatic carbocycles. The first-order valence-corrected chi connectivity index (χ1v) is 8.93. The van der Waals surface area contributed by atoms with Gasteiger partial charge in [0.25, 0.3) is 0 Å². The van der Waals surface area contributed by atoms with Crippen LogP contribution < -0.4 is 0 Å². The highest BCUT2D eigenvalue weighted by Crippen LogP contribution is 2.52. The van der Waals surface area contributed by atoms with Gasteiger partial charge in [0.05, 0.1) is 25.1 Å². The summed E-state index contributed by atoms with van der Waals surface area (Å²) >= 11 is 5.95. The fourth-order valence-electron chi connectivity index (χ4n) is 3.75. The molecule has 0 radical (unpaired) electrons. The monoisotopic (exact) mass is 382 g/mol. The number of amides is 1. The highest BCUT2D eigenvalue weighted by atomic mass is 35.5. The summed E-state index contributed by atoms with van der Waals surface area (Å²) < 4.78 is 4.96. The predicted octanol–water partition coefficient (Wildman–Crippen LogP) is 3.74.